The third kappa shape index (κ3) is 3.67. The van der Waals surface area contributed by atoms with Crippen molar-refractivity contribution in [3.63, 3.8) is 0 Å². The maximum absolute atomic E-state index is 12.0. The van der Waals surface area contributed by atoms with Crippen LogP contribution in [-0.4, -0.2) is 26.0 Å². The summed E-state index contributed by atoms with van der Waals surface area (Å²) >= 11 is 4.59. The van der Waals surface area contributed by atoms with E-state index in [1.54, 1.807) is 19.9 Å². The minimum Gasteiger partial charge on any atom is -0.409 e. The lowest BCUT2D eigenvalue weighted by molar-refractivity contribution is 0.314. The number of thiophene rings is 1. The van der Waals surface area contributed by atoms with E-state index in [9.17, 15) is 8.42 Å². The summed E-state index contributed by atoms with van der Waals surface area (Å²) in [5.74, 6) is -0.395. The van der Waals surface area contributed by atoms with E-state index in [4.69, 9.17) is 10.9 Å². The number of hydrogen-bond acceptors (Lipinski definition) is 5. The van der Waals surface area contributed by atoms with Crippen molar-refractivity contribution in [3.05, 3.63) is 14.7 Å². The molecule has 0 aliphatic carbocycles. The van der Waals surface area contributed by atoms with Crippen molar-refractivity contribution in [1.29, 1.82) is 0 Å². The van der Waals surface area contributed by atoms with Gasteiger partial charge in [0.1, 0.15) is 5.84 Å². The molecule has 1 rings (SSSR count). The van der Waals surface area contributed by atoms with Crippen molar-refractivity contribution in [2.75, 3.05) is 6.54 Å². The molecule has 0 spiro atoms. The molecule has 4 N–H and O–H groups in total. The van der Waals surface area contributed by atoms with E-state index in [0.29, 0.717) is 4.88 Å². The van der Waals surface area contributed by atoms with E-state index < -0.39 is 10.0 Å². The van der Waals surface area contributed by atoms with Crippen LogP contribution in [0.5, 0.6) is 0 Å². The molecule has 0 saturated heterocycles. The second kappa shape index (κ2) is 6.00. The van der Waals surface area contributed by atoms with Gasteiger partial charge in [-0.05, 0) is 28.9 Å². The van der Waals surface area contributed by atoms with Gasteiger partial charge in [0.15, 0.2) is 0 Å². The van der Waals surface area contributed by atoms with Gasteiger partial charge in [-0.3, -0.25) is 0 Å². The van der Waals surface area contributed by atoms with Crippen molar-refractivity contribution in [1.82, 2.24) is 4.72 Å². The Morgan fingerprint density at radius 3 is 2.78 bits per heavy atom. The van der Waals surface area contributed by atoms with Gasteiger partial charge in [0.05, 0.1) is 8.68 Å². The Bertz CT molecular complexity index is 553. The van der Waals surface area contributed by atoms with Crippen LogP contribution in [0.15, 0.2) is 19.9 Å². The van der Waals surface area contributed by atoms with Gasteiger partial charge < -0.3 is 10.9 Å². The molecule has 1 unspecified atom stereocenters. The second-order valence-electron chi connectivity index (χ2n) is 3.75. The van der Waals surface area contributed by atoms with E-state index >= 15 is 0 Å². The van der Waals surface area contributed by atoms with Gasteiger partial charge in [-0.15, -0.1) is 11.3 Å². The highest BCUT2D eigenvalue weighted by molar-refractivity contribution is 9.11. The standard InChI is InChI=1S/C9H14BrN3O3S2/c1-5(9(11)13-14)4-12-18(15,16)7-3-8(10)17-6(7)2/h3,5,12,14H,4H2,1-2H3,(H2,11,13). The summed E-state index contributed by atoms with van der Waals surface area (Å²) in [7, 11) is -3.57. The molecule has 0 fully saturated rings. The Labute approximate surface area is 118 Å². The number of nitrogens with two attached hydrogens (primary N) is 1. The number of amidine groups is 1. The fourth-order valence-electron chi connectivity index (χ4n) is 1.21. The molecule has 0 saturated carbocycles. The van der Waals surface area contributed by atoms with Gasteiger partial charge in [0.2, 0.25) is 10.0 Å². The molecule has 1 atom stereocenters. The molecule has 0 aromatic carbocycles. The third-order valence-electron chi connectivity index (χ3n) is 2.33. The Morgan fingerprint density at radius 2 is 2.33 bits per heavy atom. The summed E-state index contributed by atoms with van der Waals surface area (Å²) in [6.45, 7) is 3.47. The van der Waals surface area contributed by atoms with Crippen molar-refractivity contribution in [3.8, 4) is 0 Å². The highest BCUT2D eigenvalue weighted by Gasteiger charge is 2.20. The fraction of sp³-hybridized carbons (Fsp3) is 0.444. The molecule has 1 aromatic rings. The molecule has 0 amide bonds. The van der Waals surface area contributed by atoms with E-state index in [1.807, 2.05) is 0 Å². The molecule has 1 heterocycles. The van der Waals surface area contributed by atoms with E-state index in [-0.39, 0.29) is 23.2 Å². The molecule has 1 aromatic heterocycles. The zero-order valence-electron chi connectivity index (χ0n) is 9.84. The Kier molecular flexibility index (Phi) is 5.14. The number of halogens is 1. The van der Waals surface area contributed by atoms with Crippen LogP contribution in [0.4, 0.5) is 0 Å². The van der Waals surface area contributed by atoms with Crippen molar-refractivity contribution in [2.45, 2.75) is 18.7 Å². The molecule has 18 heavy (non-hydrogen) atoms. The summed E-state index contributed by atoms with van der Waals surface area (Å²) in [4.78, 5) is 0.942. The van der Waals surface area contributed by atoms with Gasteiger partial charge in [-0.25, -0.2) is 13.1 Å². The Morgan fingerprint density at radius 1 is 1.72 bits per heavy atom. The lowest BCUT2D eigenvalue weighted by Crippen LogP contribution is -2.34. The van der Waals surface area contributed by atoms with E-state index in [2.05, 4.69) is 25.8 Å². The number of nitrogens with one attached hydrogen (secondary N) is 1. The summed E-state index contributed by atoms with van der Waals surface area (Å²) in [6.07, 6.45) is 0. The summed E-state index contributed by atoms with van der Waals surface area (Å²) < 4.78 is 27.2. The smallest absolute Gasteiger partial charge is 0.241 e. The summed E-state index contributed by atoms with van der Waals surface area (Å²) in [5, 5.41) is 11.3. The van der Waals surface area contributed by atoms with Crippen LogP contribution in [-0.2, 0) is 10.0 Å². The van der Waals surface area contributed by atoms with E-state index in [1.165, 1.54) is 11.3 Å². The molecule has 0 aliphatic rings. The van der Waals surface area contributed by atoms with Crippen LogP contribution in [0, 0.1) is 12.8 Å². The number of nitrogens with zero attached hydrogens (tertiary/aromatic N) is 1. The quantitative estimate of drug-likeness (QED) is 0.322. The number of rotatable bonds is 5. The van der Waals surface area contributed by atoms with Crippen molar-refractivity contribution >= 4 is 43.1 Å². The zero-order valence-corrected chi connectivity index (χ0v) is 13.1. The van der Waals surface area contributed by atoms with Gasteiger partial charge in [-0.1, -0.05) is 12.1 Å². The molecule has 0 radical (unpaired) electrons. The van der Waals surface area contributed by atoms with Gasteiger partial charge in [0.25, 0.3) is 0 Å². The molecule has 6 nitrogen and oxygen atoms in total. The lowest BCUT2D eigenvalue weighted by atomic mass is 10.2. The predicted molar refractivity (Wildman–Crippen MR) is 74.5 cm³/mol. The number of sulfonamides is 1. The van der Waals surface area contributed by atoms with Crippen molar-refractivity contribution in [2.24, 2.45) is 16.8 Å². The number of aryl methyl sites for hydroxylation is 1. The largest absolute Gasteiger partial charge is 0.409 e. The fourth-order valence-corrected chi connectivity index (χ4v) is 4.76. The summed E-state index contributed by atoms with van der Waals surface area (Å²) in [6, 6.07) is 1.55. The van der Waals surface area contributed by atoms with Crippen LogP contribution >= 0.6 is 27.3 Å². The second-order valence-corrected chi connectivity index (χ2v) is 8.12. The molecule has 9 heteroatoms. The van der Waals surface area contributed by atoms with Gasteiger partial charge >= 0.3 is 0 Å². The predicted octanol–water partition coefficient (Wildman–Crippen LogP) is 1.48. The minimum absolute atomic E-state index is 0.0130. The average Bonchev–Trinajstić information content (AvgIpc) is 2.65. The van der Waals surface area contributed by atoms with Crippen LogP contribution in [0.3, 0.4) is 0 Å². The molecular formula is C9H14BrN3O3S2. The first-order valence-electron chi connectivity index (χ1n) is 5.01. The Balaban J connectivity index is 2.81. The maximum atomic E-state index is 12.0. The average molecular weight is 356 g/mol. The topological polar surface area (TPSA) is 105 Å². The van der Waals surface area contributed by atoms with Gasteiger partial charge in [-0.2, -0.15) is 0 Å². The molecule has 0 aliphatic heterocycles. The van der Waals surface area contributed by atoms with Crippen LogP contribution in [0.2, 0.25) is 0 Å². The highest BCUT2D eigenvalue weighted by Crippen LogP contribution is 2.29. The SMILES string of the molecule is Cc1sc(Br)cc1S(=O)(=O)NCC(C)C(N)=NO. The first-order valence-corrected chi connectivity index (χ1v) is 8.10. The molecule has 0 bridgehead atoms. The first-order chi connectivity index (χ1) is 8.27. The number of hydrogen-bond donors (Lipinski definition) is 3. The van der Waals surface area contributed by atoms with E-state index in [0.717, 1.165) is 3.79 Å². The van der Waals surface area contributed by atoms with Crippen LogP contribution < -0.4 is 10.5 Å². The normalized spacial score (nSPS) is 14.7. The maximum Gasteiger partial charge on any atom is 0.241 e. The summed E-state index contributed by atoms with van der Waals surface area (Å²) in [5.41, 5.74) is 5.38. The Hall–Kier alpha value is -0.640. The highest BCUT2D eigenvalue weighted by atomic mass is 79.9. The monoisotopic (exact) mass is 355 g/mol. The van der Waals surface area contributed by atoms with Crippen LogP contribution in [0.25, 0.3) is 0 Å². The third-order valence-corrected chi connectivity index (χ3v) is 5.56. The van der Waals surface area contributed by atoms with Crippen LogP contribution in [0.1, 0.15) is 11.8 Å². The zero-order chi connectivity index (χ0) is 13.9. The first kappa shape index (κ1) is 15.4. The number of oxime groups is 1. The minimum atomic E-state index is -3.57. The van der Waals surface area contributed by atoms with Gasteiger partial charge in [0, 0.05) is 17.3 Å². The molecule has 102 valence electrons. The molecular weight excluding hydrogens is 342 g/mol. The van der Waals surface area contributed by atoms with Crippen molar-refractivity contribution < 1.29 is 13.6 Å². The lowest BCUT2D eigenvalue weighted by Gasteiger charge is -2.11.